The third-order valence-electron chi connectivity index (χ3n) is 3.20. The van der Waals surface area contributed by atoms with E-state index in [4.69, 9.17) is 0 Å². The van der Waals surface area contributed by atoms with Crippen molar-refractivity contribution in [1.82, 2.24) is 0 Å². The monoisotopic (exact) mass is 216 g/mol. The van der Waals surface area contributed by atoms with Crippen LogP contribution in [0.3, 0.4) is 0 Å². The van der Waals surface area contributed by atoms with Crippen LogP contribution >= 0.6 is 0 Å². The molecule has 0 rings (SSSR count). The van der Waals surface area contributed by atoms with Gasteiger partial charge in [0, 0.05) is 0 Å². The molecule has 0 saturated carbocycles. The van der Waals surface area contributed by atoms with Crippen LogP contribution in [0.2, 0.25) is 0 Å². The van der Waals surface area contributed by atoms with Crippen molar-refractivity contribution in [2.45, 2.75) is 83.8 Å². The van der Waals surface area contributed by atoms with E-state index in [1.165, 1.54) is 0 Å². The highest BCUT2D eigenvalue weighted by Gasteiger charge is 2.31. The van der Waals surface area contributed by atoms with Gasteiger partial charge in [-0.05, 0) is 19.8 Å². The minimum atomic E-state index is -0.843. The average molecular weight is 216 g/mol. The minimum absolute atomic E-state index is 0.605. The molecular weight excluding hydrogens is 188 g/mol. The molecule has 1 atom stereocenters. The summed E-state index contributed by atoms with van der Waals surface area (Å²) in [7, 11) is 0. The summed E-state index contributed by atoms with van der Waals surface area (Å²) in [6, 6.07) is 0. The first-order valence-corrected chi connectivity index (χ1v) is 6.47. The Kier molecular flexibility index (Phi) is 8.07. The standard InChI is InChI=1S/C13H28O2/c1-4-6-8-10-13(15,12(3)14)11-9-7-5-2/h12,14-15H,4-11H2,1-3H3/t12-/m0/s1. The second-order valence-electron chi connectivity index (χ2n) is 4.69. The van der Waals surface area contributed by atoms with Crippen LogP contribution in [-0.4, -0.2) is 21.9 Å². The van der Waals surface area contributed by atoms with Crippen molar-refractivity contribution in [3.63, 3.8) is 0 Å². The normalized spacial score (nSPS) is 14.2. The maximum Gasteiger partial charge on any atom is 0.0902 e. The van der Waals surface area contributed by atoms with E-state index >= 15 is 0 Å². The van der Waals surface area contributed by atoms with Crippen LogP contribution in [0.4, 0.5) is 0 Å². The molecule has 0 saturated heterocycles. The highest BCUT2D eigenvalue weighted by molar-refractivity contribution is 4.83. The first-order valence-electron chi connectivity index (χ1n) is 6.47. The zero-order valence-electron chi connectivity index (χ0n) is 10.6. The van der Waals surface area contributed by atoms with Crippen molar-refractivity contribution in [2.24, 2.45) is 0 Å². The van der Waals surface area contributed by atoms with Gasteiger partial charge in [-0.1, -0.05) is 52.4 Å². The lowest BCUT2D eigenvalue weighted by molar-refractivity contribution is -0.0797. The largest absolute Gasteiger partial charge is 0.390 e. The molecule has 92 valence electrons. The van der Waals surface area contributed by atoms with Gasteiger partial charge in [-0.25, -0.2) is 0 Å². The van der Waals surface area contributed by atoms with Gasteiger partial charge in [0.25, 0.3) is 0 Å². The molecule has 2 nitrogen and oxygen atoms in total. The molecule has 0 radical (unpaired) electrons. The molecule has 0 unspecified atom stereocenters. The van der Waals surface area contributed by atoms with Crippen molar-refractivity contribution >= 4 is 0 Å². The summed E-state index contributed by atoms with van der Waals surface area (Å²) in [6.07, 6.45) is 7.51. The Morgan fingerprint density at radius 1 is 0.933 bits per heavy atom. The highest BCUT2D eigenvalue weighted by Crippen LogP contribution is 2.25. The quantitative estimate of drug-likeness (QED) is 0.581. The van der Waals surface area contributed by atoms with Gasteiger partial charge in [-0.15, -0.1) is 0 Å². The lowest BCUT2D eigenvalue weighted by atomic mass is 9.86. The number of rotatable bonds is 9. The van der Waals surface area contributed by atoms with Gasteiger partial charge in [0.05, 0.1) is 11.7 Å². The number of unbranched alkanes of at least 4 members (excludes halogenated alkanes) is 4. The fraction of sp³-hybridized carbons (Fsp3) is 1.00. The van der Waals surface area contributed by atoms with E-state index in [9.17, 15) is 10.2 Å². The first-order chi connectivity index (χ1) is 7.06. The summed E-state index contributed by atoms with van der Waals surface area (Å²) >= 11 is 0. The molecule has 0 amide bonds. The van der Waals surface area contributed by atoms with E-state index in [-0.39, 0.29) is 0 Å². The molecule has 0 spiro atoms. The van der Waals surface area contributed by atoms with Gasteiger partial charge >= 0.3 is 0 Å². The maximum absolute atomic E-state index is 10.3. The van der Waals surface area contributed by atoms with Crippen LogP contribution in [0.15, 0.2) is 0 Å². The SMILES string of the molecule is CCCCCC(O)(CCCCC)[C@H](C)O. The summed E-state index contributed by atoms with van der Waals surface area (Å²) < 4.78 is 0. The van der Waals surface area contributed by atoms with E-state index in [2.05, 4.69) is 13.8 Å². The van der Waals surface area contributed by atoms with E-state index in [1.807, 2.05) is 0 Å². The highest BCUT2D eigenvalue weighted by atomic mass is 16.3. The molecule has 2 heteroatoms. The van der Waals surface area contributed by atoms with E-state index in [0.29, 0.717) is 0 Å². The fourth-order valence-electron chi connectivity index (χ4n) is 1.91. The van der Waals surface area contributed by atoms with Crippen LogP contribution in [-0.2, 0) is 0 Å². The molecule has 15 heavy (non-hydrogen) atoms. The number of aliphatic hydroxyl groups excluding tert-OH is 1. The second kappa shape index (κ2) is 8.12. The number of hydrogen-bond acceptors (Lipinski definition) is 2. The molecule has 0 bridgehead atoms. The molecule has 0 aliphatic carbocycles. The van der Waals surface area contributed by atoms with Crippen molar-refractivity contribution in [3.8, 4) is 0 Å². The topological polar surface area (TPSA) is 40.5 Å². The number of aliphatic hydroxyl groups is 2. The molecule has 2 N–H and O–H groups in total. The van der Waals surface area contributed by atoms with Crippen molar-refractivity contribution in [1.29, 1.82) is 0 Å². The molecule has 0 heterocycles. The molecular formula is C13H28O2. The molecule has 0 aliphatic rings. The smallest absolute Gasteiger partial charge is 0.0902 e. The third kappa shape index (κ3) is 6.16. The van der Waals surface area contributed by atoms with Gasteiger partial charge in [0.2, 0.25) is 0 Å². The molecule has 0 aromatic carbocycles. The summed E-state index contributed by atoms with van der Waals surface area (Å²) in [6.45, 7) is 6.01. The van der Waals surface area contributed by atoms with E-state index in [1.54, 1.807) is 6.92 Å². The Labute approximate surface area is 94.7 Å². The molecule has 0 aromatic rings. The van der Waals surface area contributed by atoms with Crippen molar-refractivity contribution in [3.05, 3.63) is 0 Å². The Balaban J connectivity index is 3.95. The zero-order chi connectivity index (χ0) is 11.7. The van der Waals surface area contributed by atoms with Crippen molar-refractivity contribution < 1.29 is 10.2 Å². The Bertz CT molecular complexity index is 133. The molecule has 0 aliphatic heterocycles. The average Bonchev–Trinajstić information content (AvgIpc) is 2.18. The predicted octanol–water partition coefficient (Wildman–Crippen LogP) is 3.26. The molecule has 0 aromatic heterocycles. The Hall–Kier alpha value is -0.0800. The summed E-state index contributed by atoms with van der Waals surface area (Å²) in [4.78, 5) is 0. The van der Waals surface area contributed by atoms with Crippen LogP contribution < -0.4 is 0 Å². The van der Waals surface area contributed by atoms with Crippen molar-refractivity contribution in [2.75, 3.05) is 0 Å². The van der Waals surface area contributed by atoms with Gasteiger partial charge in [0.15, 0.2) is 0 Å². The Morgan fingerprint density at radius 3 is 1.60 bits per heavy atom. The van der Waals surface area contributed by atoms with Gasteiger partial charge in [-0.3, -0.25) is 0 Å². The van der Waals surface area contributed by atoms with Gasteiger partial charge < -0.3 is 10.2 Å². The maximum atomic E-state index is 10.3. The van der Waals surface area contributed by atoms with E-state index in [0.717, 1.165) is 51.4 Å². The third-order valence-corrected chi connectivity index (χ3v) is 3.20. The predicted molar refractivity (Wildman–Crippen MR) is 64.9 cm³/mol. The fourth-order valence-corrected chi connectivity index (χ4v) is 1.91. The zero-order valence-corrected chi connectivity index (χ0v) is 10.6. The lowest BCUT2D eigenvalue weighted by Crippen LogP contribution is -2.40. The summed E-state index contributed by atoms with van der Waals surface area (Å²) in [5.74, 6) is 0. The van der Waals surface area contributed by atoms with E-state index < -0.39 is 11.7 Å². The minimum Gasteiger partial charge on any atom is -0.390 e. The second-order valence-corrected chi connectivity index (χ2v) is 4.69. The first kappa shape index (κ1) is 14.9. The van der Waals surface area contributed by atoms with Gasteiger partial charge in [0.1, 0.15) is 0 Å². The number of hydrogen-bond donors (Lipinski definition) is 2. The lowest BCUT2D eigenvalue weighted by Gasteiger charge is -2.31. The van der Waals surface area contributed by atoms with Crippen LogP contribution in [0, 0.1) is 0 Å². The van der Waals surface area contributed by atoms with Crippen LogP contribution in [0.1, 0.15) is 72.1 Å². The van der Waals surface area contributed by atoms with Crippen LogP contribution in [0.25, 0.3) is 0 Å². The molecule has 0 fully saturated rings. The van der Waals surface area contributed by atoms with Crippen LogP contribution in [0.5, 0.6) is 0 Å². The summed E-state index contributed by atoms with van der Waals surface area (Å²) in [5.41, 5.74) is -0.843. The summed E-state index contributed by atoms with van der Waals surface area (Å²) in [5, 5.41) is 19.9. The van der Waals surface area contributed by atoms with Gasteiger partial charge in [-0.2, -0.15) is 0 Å². The Morgan fingerprint density at radius 2 is 1.33 bits per heavy atom.